The topological polar surface area (TPSA) is 64.1 Å². The minimum Gasteiger partial charge on any atom is -0.495 e. The maximum atomic E-state index is 12.2. The standard InChI is InChI=1S/C19H16ClN3O2S/c1-25-17-5-3-2-4-16(17)22-18(24)12-26-19-21-11-10-15(23-19)13-6-8-14(20)9-7-13/h2-11H,12H2,1H3,(H,22,24). The third-order valence-corrected chi connectivity index (χ3v) is 4.60. The van der Waals surface area contributed by atoms with Gasteiger partial charge in [-0.3, -0.25) is 4.79 Å². The second-order valence-corrected chi connectivity index (χ2v) is 6.65. The van der Waals surface area contributed by atoms with Crippen LogP contribution in [0.4, 0.5) is 5.69 Å². The Labute approximate surface area is 160 Å². The van der Waals surface area contributed by atoms with Crippen LogP contribution in [0.5, 0.6) is 5.75 Å². The lowest BCUT2D eigenvalue weighted by molar-refractivity contribution is -0.113. The molecule has 0 atom stereocenters. The zero-order valence-corrected chi connectivity index (χ0v) is 15.6. The molecule has 2 aromatic carbocycles. The fourth-order valence-corrected chi connectivity index (χ4v) is 3.01. The van der Waals surface area contributed by atoms with Crippen molar-refractivity contribution >= 4 is 35.0 Å². The van der Waals surface area contributed by atoms with Gasteiger partial charge in [-0.25, -0.2) is 9.97 Å². The highest BCUT2D eigenvalue weighted by atomic mass is 35.5. The van der Waals surface area contributed by atoms with Gasteiger partial charge >= 0.3 is 0 Å². The molecule has 0 saturated carbocycles. The highest BCUT2D eigenvalue weighted by Crippen LogP contribution is 2.24. The van der Waals surface area contributed by atoms with E-state index in [2.05, 4.69) is 15.3 Å². The first-order valence-corrected chi connectivity index (χ1v) is 9.17. The number of thioether (sulfide) groups is 1. The van der Waals surface area contributed by atoms with E-state index in [1.165, 1.54) is 11.8 Å². The van der Waals surface area contributed by atoms with Crippen LogP contribution < -0.4 is 10.1 Å². The molecule has 0 aliphatic carbocycles. The number of amides is 1. The SMILES string of the molecule is COc1ccccc1NC(=O)CSc1nccc(-c2ccc(Cl)cc2)n1. The van der Waals surface area contributed by atoms with E-state index in [4.69, 9.17) is 16.3 Å². The molecule has 1 N–H and O–H groups in total. The number of nitrogens with one attached hydrogen (secondary N) is 1. The van der Waals surface area contributed by atoms with Crippen molar-refractivity contribution in [2.45, 2.75) is 5.16 Å². The van der Waals surface area contributed by atoms with Gasteiger partial charge in [-0.15, -0.1) is 0 Å². The number of carbonyl (C=O) groups excluding carboxylic acids is 1. The number of rotatable bonds is 6. The predicted octanol–water partition coefficient (Wildman–Crippen LogP) is 4.54. The summed E-state index contributed by atoms with van der Waals surface area (Å²) in [5, 5.41) is 4.04. The van der Waals surface area contributed by atoms with Crippen LogP contribution in [0.3, 0.4) is 0 Å². The van der Waals surface area contributed by atoms with E-state index >= 15 is 0 Å². The number of anilines is 1. The van der Waals surface area contributed by atoms with Gasteiger partial charge in [0.15, 0.2) is 5.16 Å². The Bertz CT molecular complexity index is 903. The number of aromatic nitrogens is 2. The Balaban J connectivity index is 1.63. The smallest absolute Gasteiger partial charge is 0.234 e. The minimum atomic E-state index is -0.153. The summed E-state index contributed by atoms with van der Waals surface area (Å²) in [5.74, 6) is 0.661. The highest BCUT2D eigenvalue weighted by molar-refractivity contribution is 7.99. The summed E-state index contributed by atoms with van der Waals surface area (Å²) in [6.45, 7) is 0. The molecule has 1 heterocycles. The molecule has 0 aliphatic heterocycles. The van der Waals surface area contributed by atoms with Gasteiger partial charge in [-0.1, -0.05) is 47.6 Å². The van der Waals surface area contributed by atoms with Gasteiger partial charge in [-0.05, 0) is 30.3 Å². The maximum absolute atomic E-state index is 12.2. The Morgan fingerprint density at radius 3 is 2.69 bits per heavy atom. The van der Waals surface area contributed by atoms with Crippen molar-refractivity contribution in [3.63, 3.8) is 0 Å². The van der Waals surface area contributed by atoms with Crippen LogP contribution in [0.15, 0.2) is 66.0 Å². The lowest BCUT2D eigenvalue weighted by atomic mass is 10.1. The molecule has 5 nitrogen and oxygen atoms in total. The van der Waals surface area contributed by atoms with Crippen molar-refractivity contribution in [1.82, 2.24) is 9.97 Å². The molecule has 0 aliphatic rings. The van der Waals surface area contributed by atoms with Crippen molar-refractivity contribution in [2.75, 3.05) is 18.2 Å². The largest absolute Gasteiger partial charge is 0.495 e. The number of ether oxygens (including phenoxy) is 1. The van der Waals surface area contributed by atoms with Crippen LogP contribution in [0.25, 0.3) is 11.3 Å². The Hall–Kier alpha value is -2.57. The highest BCUT2D eigenvalue weighted by Gasteiger charge is 2.09. The van der Waals surface area contributed by atoms with Crippen LogP contribution in [0, 0.1) is 0 Å². The van der Waals surface area contributed by atoms with Crippen LogP contribution >= 0.6 is 23.4 Å². The van der Waals surface area contributed by atoms with Crippen molar-refractivity contribution in [1.29, 1.82) is 0 Å². The number of halogens is 1. The van der Waals surface area contributed by atoms with Crippen LogP contribution in [-0.2, 0) is 4.79 Å². The molecule has 3 aromatic rings. The fraction of sp³-hybridized carbons (Fsp3) is 0.105. The number of nitrogens with zero attached hydrogens (tertiary/aromatic N) is 2. The molecule has 0 unspecified atom stereocenters. The summed E-state index contributed by atoms with van der Waals surface area (Å²) >= 11 is 7.18. The lowest BCUT2D eigenvalue weighted by Gasteiger charge is -2.09. The Morgan fingerprint density at radius 2 is 1.92 bits per heavy atom. The third kappa shape index (κ3) is 4.74. The number of benzene rings is 2. The van der Waals surface area contributed by atoms with E-state index in [-0.39, 0.29) is 11.7 Å². The van der Waals surface area contributed by atoms with Gasteiger partial charge < -0.3 is 10.1 Å². The molecule has 0 spiro atoms. The Kier molecular flexibility index (Phi) is 6.09. The average molecular weight is 386 g/mol. The monoisotopic (exact) mass is 385 g/mol. The van der Waals surface area contributed by atoms with E-state index in [1.54, 1.807) is 25.4 Å². The predicted molar refractivity (Wildman–Crippen MR) is 105 cm³/mol. The van der Waals surface area contributed by atoms with Gasteiger partial charge in [0.25, 0.3) is 0 Å². The summed E-state index contributed by atoms with van der Waals surface area (Å²) in [5.41, 5.74) is 2.36. The zero-order chi connectivity index (χ0) is 18.4. The molecule has 0 radical (unpaired) electrons. The molecule has 0 saturated heterocycles. The van der Waals surface area contributed by atoms with E-state index in [0.29, 0.717) is 21.6 Å². The van der Waals surface area contributed by atoms with E-state index in [9.17, 15) is 4.79 Å². The minimum absolute atomic E-state index is 0.153. The molecular formula is C19H16ClN3O2S. The van der Waals surface area contributed by atoms with Crippen LogP contribution in [0.2, 0.25) is 5.02 Å². The molecule has 0 bridgehead atoms. The van der Waals surface area contributed by atoms with Gasteiger partial charge in [0.2, 0.25) is 5.91 Å². The third-order valence-electron chi connectivity index (χ3n) is 3.49. The number of methoxy groups -OCH3 is 1. The number of hydrogen-bond acceptors (Lipinski definition) is 5. The van der Waals surface area contributed by atoms with Gasteiger partial charge in [-0.2, -0.15) is 0 Å². The summed E-state index contributed by atoms with van der Waals surface area (Å²) < 4.78 is 5.23. The summed E-state index contributed by atoms with van der Waals surface area (Å²) in [6.07, 6.45) is 1.68. The van der Waals surface area contributed by atoms with E-state index in [0.717, 1.165) is 11.3 Å². The van der Waals surface area contributed by atoms with Crippen molar-refractivity contribution < 1.29 is 9.53 Å². The zero-order valence-electron chi connectivity index (χ0n) is 14.0. The van der Waals surface area contributed by atoms with E-state index in [1.807, 2.05) is 42.5 Å². The van der Waals surface area contributed by atoms with Gasteiger partial charge in [0.1, 0.15) is 5.75 Å². The first-order chi connectivity index (χ1) is 12.7. The second-order valence-electron chi connectivity index (χ2n) is 5.27. The van der Waals surface area contributed by atoms with E-state index < -0.39 is 0 Å². The number of para-hydroxylation sites is 2. The molecular weight excluding hydrogens is 370 g/mol. The summed E-state index contributed by atoms with van der Waals surface area (Å²) in [6, 6.07) is 16.5. The van der Waals surface area contributed by atoms with Crippen molar-refractivity contribution in [2.24, 2.45) is 0 Å². The molecule has 132 valence electrons. The first-order valence-electron chi connectivity index (χ1n) is 7.80. The quantitative estimate of drug-likeness (QED) is 0.498. The van der Waals surface area contributed by atoms with Crippen molar-refractivity contribution in [3.05, 3.63) is 65.8 Å². The second kappa shape index (κ2) is 8.69. The molecule has 0 fully saturated rings. The molecule has 1 aromatic heterocycles. The molecule has 7 heteroatoms. The number of hydrogen-bond donors (Lipinski definition) is 1. The maximum Gasteiger partial charge on any atom is 0.234 e. The average Bonchev–Trinajstić information content (AvgIpc) is 2.67. The summed E-state index contributed by atoms with van der Waals surface area (Å²) in [4.78, 5) is 20.9. The van der Waals surface area contributed by atoms with Gasteiger partial charge in [0, 0.05) is 16.8 Å². The molecule has 1 amide bonds. The summed E-state index contributed by atoms with van der Waals surface area (Å²) in [7, 11) is 1.57. The van der Waals surface area contributed by atoms with Gasteiger partial charge in [0.05, 0.1) is 24.2 Å². The fourth-order valence-electron chi connectivity index (χ4n) is 2.26. The van der Waals surface area contributed by atoms with Crippen molar-refractivity contribution in [3.8, 4) is 17.0 Å². The van der Waals surface area contributed by atoms with Crippen LogP contribution in [-0.4, -0.2) is 28.7 Å². The van der Waals surface area contributed by atoms with Crippen LogP contribution in [0.1, 0.15) is 0 Å². The molecule has 3 rings (SSSR count). The number of carbonyl (C=O) groups is 1. The normalized spacial score (nSPS) is 10.4. The molecule has 26 heavy (non-hydrogen) atoms. The first kappa shape index (κ1) is 18.2. The Morgan fingerprint density at radius 1 is 1.15 bits per heavy atom. The lowest BCUT2D eigenvalue weighted by Crippen LogP contribution is -2.14.